The highest BCUT2D eigenvalue weighted by Crippen LogP contribution is 2.30. The third kappa shape index (κ3) is 4.35. The van der Waals surface area contributed by atoms with E-state index in [0.29, 0.717) is 6.67 Å². The van der Waals surface area contributed by atoms with Crippen LogP contribution in [-0.2, 0) is 4.79 Å². The van der Waals surface area contributed by atoms with Gasteiger partial charge in [0.25, 0.3) is 0 Å². The smallest absolute Gasteiger partial charge is 0.195 e. The van der Waals surface area contributed by atoms with Gasteiger partial charge in [-0.2, -0.15) is 4.37 Å². The van der Waals surface area contributed by atoms with Gasteiger partial charge >= 0.3 is 0 Å². The van der Waals surface area contributed by atoms with E-state index in [9.17, 15) is 4.79 Å². The number of nitrogens with one attached hydrogen (secondary N) is 2. The van der Waals surface area contributed by atoms with Crippen molar-refractivity contribution in [1.82, 2.24) is 24.8 Å². The Balaban J connectivity index is 1.07. The summed E-state index contributed by atoms with van der Waals surface area (Å²) in [5.41, 5.74) is 2.09. The average molecular weight is 441 g/mol. The fourth-order valence-electron chi connectivity index (χ4n) is 5.06. The van der Waals surface area contributed by atoms with Crippen molar-refractivity contribution >= 4 is 33.2 Å². The summed E-state index contributed by atoms with van der Waals surface area (Å²) in [5, 5.41) is 7.84. The molecule has 5 rings (SSSR count). The number of hydrogen-bond donors (Lipinski definition) is 2. The van der Waals surface area contributed by atoms with Gasteiger partial charge in [-0.1, -0.05) is 18.6 Å². The van der Waals surface area contributed by atoms with Crippen LogP contribution in [0.4, 0.5) is 5.82 Å². The Bertz CT molecular complexity index is 964. The van der Waals surface area contributed by atoms with Gasteiger partial charge in [0.1, 0.15) is 5.82 Å². The molecule has 1 aromatic carbocycles. The van der Waals surface area contributed by atoms with Crippen molar-refractivity contribution < 1.29 is 4.79 Å². The Kier molecular flexibility index (Phi) is 6.22. The molecule has 4 heterocycles. The van der Waals surface area contributed by atoms with E-state index in [1.54, 1.807) is 11.5 Å². The van der Waals surface area contributed by atoms with Crippen LogP contribution in [0.3, 0.4) is 0 Å². The summed E-state index contributed by atoms with van der Waals surface area (Å²) in [5.74, 6) is 1.44. The van der Waals surface area contributed by atoms with E-state index in [4.69, 9.17) is 4.37 Å². The monoisotopic (exact) mass is 440 g/mol. The second kappa shape index (κ2) is 9.24. The largest absolute Gasteiger partial charge is 0.370 e. The number of piperazine rings is 1. The Morgan fingerprint density at radius 3 is 2.87 bits per heavy atom. The maximum absolute atomic E-state index is 12.9. The molecule has 8 heteroatoms. The molecule has 2 aromatic rings. The molecule has 2 N–H and O–H groups in total. The fourth-order valence-corrected chi connectivity index (χ4v) is 5.86. The zero-order valence-corrected chi connectivity index (χ0v) is 19.1. The summed E-state index contributed by atoms with van der Waals surface area (Å²) in [6.07, 6.45) is 3.20. The second-order valence-electron chi connectivity index (χ2n) is 8.88. The molecule has 1 saturated heterocycles. The Labute approximate surface area is 188 Å². The highest BCUT2D eigenvalue weighted by Gasteiger charge is 2.34. The summed E-state index contributed by atoms with van der Waals surface area (Å²) < 4.78 is 5.98. The summed E-state index contributed by atoms with van der Waals surface area (Å²) in [6.45, 7) is 7.77. The van der Waals surface area contributed by atoms with Crippen LogP contribution >= 0.6 is 11.5 Å². The molecule has 0 amide bonds. The fraction of sp³-hybridized carbons (Fsp3) is 0.565. The molecule has 0 bridgehead atoms. The first-order valence-corrected chi connectivity index (χ1v) is 12.2. The molecule has 1 atom stereocenters. The van der Waals surface area contributed by atoms with Gasteiger partial charge in [-0.15, -0.1) is 0 Å². The maximum Gasteiger partial charge on any atom is 0.195 e. The number of fused-ring (bicyclic) bond motifs is 1. The van der Waals surface area contributed by atoms with E-state index in [2.05, 4.69) is 56.6 Å². The highest BCUT2D eigenvalue weighted by atomic mass is 32.1. The number of nitrogens with zero attached hydrogens (tertiary/aromatic N) is 4. The molecule has 0 aliphatic carbocycles. The van der Waals surface area contributed by atoms with Gasteiger partial charge in [0, 0.05) is 44.7 Å². The molecule has 0 spiro atoms. The minimum atomic E-state index is 0.0270. The zero-order valence-electron chi connectivity index (χ0n) is 18.3. The molecule has 0 radical (unpaired) electrons. The SMILES string of the molecule is CN1CC2=C(NCNC2)C(=O)C1CCCCN1CCN(c2nsc3ccccc23)CC1. The van der Waals surface area contributed by atoms with Gasteiger partial charge < -0.3 is 10.2 Å². The lowest BCUT2D eigenvalue weighted by molar-refractivity contribution is -0.121. The number of anilines is 1. The highest BCUT2D eigenvalue weighted by molar-refractivity contribution is 7.13. The number of unbranched alkanes of at least 4 members (excludes halogenated alkanes) is 1. The molecular weight excluding hydrogens is 408 g/mol. The first-order valence-electron chi connectivity index (χ1n) is 11.4. The molecule has 1 unspecified atom stereocenters. The number of likely N-dealkylation sites (N-methyl/N-ethyl adjacent to an activating group) is 1. The third-order valence-corrected chi connectivity index (χ3v) is 7.65. The third-order valence-electron chi connectivity index (χ3n) is 6.84. The van der Waals surface area contributed by atoms with E-state index in [1.165, 1.54) is 15.7 Å². The predicted octanol–water partition coefficient (Wildman–Crippen LogP) is 1.88. The topological polar surface area (TPSA) is 63.7 Å². The number of benzene rings is 1. The van der Waals surface area contributed by atoms with E-state index in [1.807, 2.05) is 0 Å². The Hall–Kier alpha value is -2.00. The van der Waals surface area contributed by atoms with Crippen molar-refractivity contribution in [3.8, 4) is 0 Å². The van der Waals surface area contributed by atoms with E-state index < -0.39 is 0 Å². The maximum atomic E-state index is 12.9. The first kappa shape index (κ1) is 20.9. The standard InChI is InChI=1S/C23H32N6OS/c1-27-15-17-14-24-16-25-21(17)22(30)19(27)7-4-5-9-28-10-12-29(13-11-28)23-18-6-2-3-8-20(18)31-26-23/h2-3,6,8,19,24-25H,4-5,7,9-16H2,1H3. The van der Waals surface area contributed by atoms with Crippen LogP contribution in [0.2, 0.25) is 0 Å². The lowest BCUT2D eigenvalue weighted by Gasteiger charge is -2.37. The Morgan fingerprint density at radius 2 is 2.00 bits per heavy atom. The number of ketones is 1. The van der Waals surface area contributed by atoms with Gasteiger partial charge in [0.05, 0.1) is 23.1 Å². The minimum absolute atomic E-state index is 0.0270. The first-order chi connectivity index (χ1) is 15.2. The number of hydrogen-bond acceptors (Lipinski definition) is 8. The summed E-state index contributed by atoms with van der Waals surface area (Å²) in [7, 11) is 2.09. The molecular formula is C23H32N6OS. The van der Waals surface area contributed by atoms with Crippen LogP contribution in [0.5, 0.6) is 0 Å². The van der Waals surface area contributed by atoms with E-state index in [-0.39, 0.29) is 11.8 Å². The van der Waals surface area contributed by atoms with Crippen LogP contribution in [0, 0.1) is 0 Å². The number of rotatable bonds is 6. The lowest BCUT2D eigenvalue weighted by atomic mass is 9.93. The van der Waals surface area contributed by atoms with Gasteiger partial charge in [-0.3, -0.25) is 19.9 Å². The average Bonchev–Trinajstić information content (AvgIpc) is 3.23. The summed E-state index contributed by atoms with van der Waals surface area (Å²) >= 11 is 1.60. The van der Waals surface area contributed by atoms with Crippen molar-refractivity contribution in [1.29, 1.82) is 0 Å². The van der Waals surface area contributed by atoms with Crippen LogP contribution in [0.25, 0.3) is 10.1 Å². The van der Waals surface area contributed by atoms with Crippen LogP contribution < -0.4 is 15.5 Å². The molecule has 166 valence electrons. The molecule has 3 aliphatic heterocycles. The molecule has 31 heavy (non-hydrogen) atoms. The molecule has 1 aromatic heterocycles. The van der Waals surface area contributed by atoms with Gasteiger partial charge in [0.15, 0.2) is 5.78 Å². The Morgan fingerprint density at radius 1 is 1.16 bits per heavy atom. The number of carbonyl (C=O) groups is 1. The van der Waals surface area contributed by atoms with Crippen molar-refractivity contribution in [3.05, 3.63) is 35.5 Å². The van der Waals surface area contributed by atoms with Crippen molar-refractivity contribution in [2.75, 3.05) is 64.4 Å². The van der Waals surface area contributed by atoms with Gasteiger partial charge in [-0.25, -0.2) is 0 Å². The second-order valence-corrected chi connectivity index (χ2v) is 9.69. The van der Waals surface area contributed by atoms with Gasteiger partial charge in [-0.05, 0) is 55.7 Å². The predicted molar refractivity (Wildman–Crippen MR) is 127 cm³/mol. The molecule has 7 nitrogen and oxygen atoms in total. The van der Waals surface area contributed by atoms with Crippen molar-refractivity contribution in [2.24, 2.45) is 0 Å². The summed E-state index contributed by atoms with van der Waals surface area (Å²) in [6, 6.07) is 8.55. The lowest BCUT2D eigenvalue weighted by Crippen LogP contribution is -2.52. The van der Waals surface area contributed by atoms with Crippen LogP contribution in [0.15, 0.2) is 35.5 Å². The number of Topliss-reactive ketones (excluding diaryl/α,β-unsaturated/α-hetero) is 1. The zero-order chi connectivity index (χ0) is 21.2. The quantitative estimate of drug-likeness (QED) is 0.665. The van der Waals surface area contributed by atoms with Crippen LogP contribution in [0.1, 0.15) is 19.3 Å². The molecule has 0 saturated carbocycles. The number of carbonyl (C=O) groups excluding carboxylic acids is 1. The van der Waals surface area contributed by atoms with E-state index >= 15 is 0 Å². The molecule has 3 aliphatic rings. The molecule has 1 fully saturated rings. The summed E-state index contributed by atoms with van der Waals surface area (Å²) in [4.78, 5) is 20.1. The minimum Gasteiger partial charge on any atom is -0.370 e. The number of aromatic nitrogens is 1. The van der Waals surface area contributed by atoms with E-state index in [0.717, 1.165) is 76.6 Å². The van der Waals surface area contributed by atoms with Crippen molar-refractivity contribution in [2.45, 2.75) is 25.3 Å². The van der Waals surface area contributed by atoms with Crippen LogP contribution in [-0.4, -0.2) is 85.5 Å². The normalized spacial score (nSPS) is 23.3. The van der Waals surface area contributed by atoms with Gasteiger partial charge in [0.2, 0.25) is 0 Å². The van der Waals surface area contributed by atoms with Crippen molar-refractivity contribution in [3.63, 3.8) is 0 Å².